The zero-order valence-electron chi connectivity index (χ0n) is 17.3. The number of methoxy groups -OCH3 is 1. The molecular formula is C24H30N2O3. The number of hydrogen-bond acceptors (Lipinski definition) is 3. The summed E-state index contributed by atoms with van der Waals surface area (Å²) in [6.07, 6.45) is 3.46. The van der Waals surface area contributed by atoms with Crippen molar-refractivity contribution in [2.45, 2.75) is 45.2 Å². The Bertz CT molecular complexity index is 801. The molecule has 1 unspecified atom stereocenters. The summed E-state index contributed by atoms with van der Waals surface area (Å²) < 4.78 is 5.22. The van der Waals surface area contributed by atoms with Crippen LogP contribution in [0.1, 0.15) is 48.5 Å². The zero-order valence-corrected chi connectivity index (χ0v) is 17.3. The van der Waals surface area contributed by atoms with Crippen molar-refractivity contribution in [1.29, 1.82) is 0 Å². The first kappa shape index (κ1) is 20.9. The third kappa shape index (κ3) is 6.08. The Labute approximate surface area is 173 Å². The lowest BCUT2D eigenvalue weighted by Crippen LogP contribution is -2.39. The fourth-order valence-electron chi connectivity index (χ4n) is 3.50. The summed E-state index contributed by atoms with van der Waals surface area (Å²) in [4.78, 5) is 27.1. The molecule has 5 heteroatoms. The molecule has 1 aliphatic carbocycles. The van der Waals surface area contributed by atoms with Crippen LogP contribution < -0.4 is 10.1 Å². The lowest BCUT2D eigenvalue weighted by Gasteiger charge is -2.30. The van der Waals surface area contributed by atoms with E-state index < -0.39 is 0 Å². The molecule has 154 valence electrons. The molecule has 1 atom stereocenters. The number of rotatable bonds is 10. The van der Waals surface area contributed by atoms with Crippen molar-refractivity contribution in [3.05, 3.63) is 65.7 Å². The van der Waals surface area contributed by atoms with Crippen LogP contribution in [0, 0.1) is 5.92 Å². The molecule has 2 aromatic carbocycles. The lowest BCUT2D eigenvalue weighted by molar-refractivity contribution is -0.134. The quantitative estimate of drug-likeness (QED) is 0.619. The van der Waals surface area contributed by atoms with E-state index in [0.717, 1.165) is 11.3 Å². The molecule has 2 amide bonds. The van der Waals surface area contributed by atoms with Gasteiger partial charge in [-0.25, -0.2) is 0 Å². The van der Waals surface area contributed by atoms with Gasteiger partial charge in [0.1, 0.15) is 5.75 Å². The van der Waals surface area contributed by atoms with Crippen LogP contribution in [0.3, 0.4) is 0 Å². The molecule has 0 radical (unpaired) electrons. The maximum atomic E-state index is 12.9. The predicted molar refractivity (Wildman–Crippen MR) is 114 cm³/mol. The number of nitrogens with one attached hydrogen (secondary N) is 1. The molecule has 0 spiro atoms. The van der Waals surface area contributed by atoms with Gasteiger partial charge in [0.25, 0.3) is 5.91 Å². The minimum atomic E-state index is -0.0977. The number of carbonyl (C=O) groups excluding carboxylic acids is 2. The molecule has 1 saturated carbocycles. The molecule has 1 N–H and O–H groups in total. The van der Waals surface area contributed by atoms with Gasteiger partial charge in [-0.05, 0) is 61.9 Å². The number of hydrogen-bond donors (Lipinski definition) is 1. The van der Waals surface area contributed by atoms with Crippen LogP contribution >= 0.6 is 0 Å². The van der Waals surface area contributed by atoms with Crippen molar-refractivity contribution in [1.82, 2.24) is 10.2 Å². The Morgan fingerprint density at radius 1 is 1.10 bits per heavy atom. The number of ether oxygens (including phenoxy) is 1. The molecule has 0 saturated heterocycles. The second-order valence-corrected chi connectivity index (χ2v) is 7.67. The highest BCUT2D eigenvalue weighted by molar-refractivity contribution is 5.94. The average molecular weight is 395 g/mol. The van der Waals surface area contributed by atoms with Crippen LogP contribution in [-0.4, -0.2) is 36.4 Å². The summed E-state index contributed by atoms with van der Waals surface area (Å²) in [5.41, 5.74) is 1.74. The first-order valence-electron chi connectivity index (χ1n) is 10.3. The summed E-state index contributed by atoms with van der Waals surface area (Å²) in [5.74, 6) is 1.47. The molecule has 0 aliphatic heterocycles. The Kier molecular flexibility index (Phi) is 7.28. The number of carbonyl (C=O) groups is 2. The van der Waals surface area contributed by atoms with Crippen LogP contribution in [0.25, 0.3) is 0 Å². The van der Waals surface area contributed by atoms with Gasteiger partial charge in [0.05, 0.1) is 7.11 Å². The van der Waals surface area contributed by atoms with E-state index in [-0.39, 0.29) is 17.9 Å². The Balaban J connectivity index is 1.51. The van der Waals surface area contributed by atoms with Crippen LogP contribution in [0.5, 0.6) is 5.75 Å². The number of benzene rings is 2. The topological polar surface area (TPSA) is 58.6 Å². The van der Waals surface area contributed by atoms with E-state index in [0.29, 0.717) is 37.4 Å². The number of nitrogens with zero attached hydrogens (tertiary/aromatic N) is 1. The fraction of sp³-hybridized carbons (Fsp3) is 0.417. The largest absolute Gasteiger partial charge is 0.497 e. The van der Waals surface area contributed by atoms with E-state index in [1.807, 2.05) is 47.4 Å². The Hall–Kier alpha value is -2.82. The first-order valence-corrected chi connectivity index (χ1v) is 10.3. The van der Waals surface area contributed by atoms with Gasteiger partial charge in [0.15, 0.2) is 0 Å². The second-order valence-electron chi connectivity index (χ2n) is 7.67. The van der Waals surface area contributed by atoms with Crippen LogP contribution in [0.2, 0.25) is 0 Å². The highest BCUT2D eigenvalue weighted by Gasteiger charge is 2.34. The van der Waals surface area contributed by atoms with Gasteiger partial charge in [0.2, 0.25) is 5.91 Å². The number of amides is 2. The predicted octanol–water partition coefficient (Wildman–Crippen LogP) is 4.03. The third-order valence-corrected chi connectivity index (χ3v) is 5.52. The summed E-state index contributed by atoms with van der Waals surface area (Å²) in [6.45, 7) is 3.25. The van der Waals surface area contributed by atoms with E-state index in [4.69, 9.17) is 4.74 Å². The standard InChI is InChI=1S/C24H30N2O3/c1-18(20-12-13-20)26(17-19-10-14-22(29-2)15-11-19)23(27)9-6-16-25-24(28)21-7-4-3-5-8-21/h3-5,7-8,10-11,14-15,18,20H,6,9,12-13,16-17H2,1-2H3,(H,25,28). The highest BCUT2D eigenvalue weighted by Crippen LogP contribution is 2.36. The smallest absolute Gasteiger partial charge is 0.251 e. The van der Waals surface area contributed by atoms with Gasteiger partial charge in [-0.15, -0.1) is 0 Å². The van der Waals surface area contributed by atoms with Crippen molar-refractivity contribution >= 4 is 11.8 Å². The SMILES string of the molecule is COc1ccc(CN(C(=O)CCCNC(=O)c2ccccc2)C(C)C2CC2)cc1. The average Bonchev–Trinajstić information content (AvgIpc) is 3.61. The van der Waals surface area contributed by atoms with E-state index in [9.17, 15) is 9.59 Å². The van der Waals surface area contributed by atoms with Gasteiger partial charge in [-0.3, -0.25) is 9.59 Å². The van der Waals surface area contributed by atoms with E-state index in [2.05, 4.69) is 12.2 Å². The minimum Gasteiger partial charge on any atom is -0.497 e. The van der Waals surface area contributed by atoms with Crippen molar-refractivity contribution in [3.8, 4) is 5.75 Å². The van der Waals surface area contributed by atoms with E-state index >= 15 is 0 Å². The minimum absolute atomic E-state index is 0.0977. The summed E-state index contributed by atoms with van der Waals surface area (Å²) >= 11 is 0. The second kappa shape index (κ2) is 10.1. The van der Waals surface area contributed by atoms with Gasteiger partial charge in [-0.2, -0.15) is 0 Å². The summed E-state index contributed by atoms with van der Waals surface area (Å²) in [5, 5.41) is 2.90. The van der Waals surface area contributed by atoms with Gasteiger partial charge < -0.3 is 15.0 Å². The third-order valence-electron chi connectivity index (χ3n) is 5.52. The molecule has 0 aromatic heterocycles. The van der Waals surface area contributed by atoms with E-state index in [1.165, 1.54) is 12.8 Å². The fourth-order valence-corrected chi connectivity index (χ4v) is 3.50. The lowest BCUT2D eigenvalue weighted by atomic mass is 10.1. The Morgan fingerprint density at radius 3 is 2.41 bits per heavy atom. The molecular weight excluding hydrogens is 364 g/mol. The summed E-state index contributed by atoms with van der Waals surface area (Å²) in [6, 6.07) is 17.3. The highest BCUT2D eigenvalue weighted by atomic mass is 16.5. The van der Waals surface area contributed by atoms with Crippen molar-refractivity contribution in [2.75, 3.05) is 13.7 Å². The van der Waals surface area contributed by atoms with Gasteiger partial charge in [0, 0.05) is 31.1 Å². The molecule has 0 bridgehead atoms. The van der Waals surface area contributed by atoms with Crippen molar-refractivity contribution in [2.24, 2.45) is 5.92 Å². The zero-order chi connectivity index (χ0) is 20.6. The van der Waals surface area contributed by atoms with E-state index in [1.54, 1.807) is 19.2 Å². The first-order chi connectivity index (χ1) is 14.1. The maximum absolute atomic E-state index is 12.9. The van der Waals surface area contributed by atoms with Crippen LogP contribution in [-0.2, 0) is 11.3 Å². The molecule has 3 rings (SSSR count). The molecule has 2 aromatic rings. The van der Waals surface area contributed by atoms with Crippen LogP contribution in [0.4, 0.5) is 0 Å². The normalized spacial score (nSPS) is 14.1. The molecule has 1 fully saturated rings. The van der Waals surface area contributed by atoms with Crippen molar-refractivity contribution in [3.63, 3.8) is 0 Å². The monoisotopic (exact) mass is 394 g/mol. The van der Waals surface area contributed by atoms with Gasteiger partial charge >= 0.3 is 0 Å². The Morgan fingerprint density at radius 2 is 1.79 bits per heavy atom. The van der Waals surface area contributed by atoms with Crippen LogP contribution in [0.15, 0.2) is 54.6 Å². The van der Waals surface area contributed by atoms with Gasteiger partial charge in [-0.1, -0.05) is 30.3 Å². The molecule has 1 aliphatic rings. The molecule has 0 heterocycles. The molecule has 29 heavy (non-hydrogen) atoms. The maximum Gasteiger partial charge on any atom is 0.251 e. The summed E-state index contributed by atoms with van der Waals surface area (Å²) in [7, 11) is 1.65. The molecule has 5 nitrogen and oxygen atoms in total. The van der Waals surface area contributed by atoms with Crippen molar-refractivity contribution < 1.29 is 14.3 Å².